The Morgan fingerprint density at radius 1 is 1.11 bits per heavy atom. The molecule has 0 bridgehead atoms. The van der Waals surface area contributed by atoms with Gasteiger partial charge in [0.15, 0.2) is 5.65 Å². The summed E-state index contributed by atoms with van der Waals surface area (Å²) in [6.45, 7) is 0.236. The van der Waals surface area contributed by atoms with Gasteiger partial charge < -0.3 is 19.0 Å². The number of hydrogen-bond donors (Lipinski definition) is 1. The summed E-state index contributed by atoms with van der Waals surface area (Å²) in [5, 5.41) is 6.95. The Labute approximate surface area is 209 Å². The van der Waals surface area contributed by atoms with Gasteiger partial charge >= 0.3 is 6.18 Å². The number of benzene rings is 1. The van der Waals surface area contributed by atoms with Crippen LogP contribution in [0.15, 0.2) is 35.1 Å². The third-order valence-electron chi connectivity index (χ3n) is 5.27. The molecule has 14 heteroatoms. The molecule has 1 aliphatic heterocycles. The van der Waals surface area contributed by atoms with Crippen LogP contribution < -0.4 is 10.1 Å². The van der Waals surface area contributed by atoms with Gasteiger partial charge in [0.1, 0.15) is 18.1 Å². The van der Waals surface area contributed by atoms with Crippen molar-refractivity contribution in [2.45, 2.75) is 25.1 Å². The Morgan fingerprint density at radius 2 is 1.91 bits per heavy atom. The number of pyridine rings is 1. The second kappa shape index (κ2) is 8.89. The molecule has 1 fully saturated rings. The van der Waals surface area contributed by atoms with Crippen molar-refractivity contribution in [3.63, 3.8) is 0 Å². The van der Waals surface area contributed by atoms with Gasteiger partial charge in [-0.25, -0.2) is 4.98 Å². The zero-order chi connectivity index (χ0) is 24.9. The largest absolute Gasteiger partial charge is 0.490 e. The smallest absolute Gasteiger partial charge is 0.417 e. The van der Waals surface area contributed by atoms with Crippen LogP contribution in [0.2, 0.25) is 15.1 Å². The lowest BCUT2D eigenvalue weighted by Crippen LogP contribution is -2.30. The molecule has 1 atom stereocenters. The van der Waals surface area contributed by atoms with E-state index in [1.54, 1.807) is 0 Å². The number of rotatable bonds is 5. The number of imidazole rings is 1. The maximum atomic E-state index is 13.1. The monoisotopic (exact) mass is 545 g/mol. The molecule has 5 rings (SSSR count). The van der Waals surface area contributed by atoms with Gasteiger partial charge in [0, 0.05) is 30.4 Å². The zero-order valence-electron chi connectivity index (χ0n) is 17.4. The van der Waals surface area contributed by atoms with Gasteiger partial charge in [0.25, 0.3) is 5.89 Å². The fourth-order valence-corrected chi connectivity index (χ4v) is 4.27. The van der Waals surface area contributed by atoms with E-state index in [9.17, 15) is 18.0 Å². The summed E-state index contributed by atoms with van der Waals surface area (Å²) in [7, 11) is 0. The molecule has 182 valence electrons. The lowest BCUT2D eigenvalue weighted by molar-refractivity contribution is -0.137. The Balaban J connectivity index is 1.40. The minimum Gasteiger partial charge on any atom is -0.490 e. The van der Waals surface area contributed by atoms with Crippen LogP contribution in [0.1, 0.15) is 18.4 Å². The topological polar surface area (TPSA) is 94.5 Å². The first kappa shape index (κ1) is 23.7. The third kappa shape index (κ3) is 4.75. The lowest BCUT2D eigenvalue weighted by atomic mass is 10.2. The Hall–Kier alpha value is -3.02. The molecule has 1 saturated heterocycles. The SMILES string of the molecule is O=C1CC[C@@H](COc2cc(Cl)c(-c3noc(-c4cn5cc(C(F)(F)F)cc(Cl)c5n4)n3)cc2Cl)N1. The standard InChI is InChI=1S/C21H13Cl3F3N5O3/c22-12-5-16(34-8-10-1-2-17(33)28-10)13(23)4-11(12)18-30-20(35-31-18)15-7-32-6-9(21(25,26)27)3-14(24)19(32)29-15/h3-7,10H,1-2,8H2,(H,28,33)/t10-/m0/s1. The number of halogens is 6. The van der Waals surface area contributed by atoms with E-state index in [1.807, 2.05) is 0 Å². The third-order valence-corrected chi connectivity index (χ3v) is 6.15. The Morgan fingerprint density at radius 3 is 2.63 bits per heavy atom. The molecule has 1 aliphatic rings. The van der Waals surface area contributed by atoms with Crippen molar-refractivity contribution in [3.8, 4) is 28.7 Å². The molecule has 3 aromatic heterocycles. The van der Waals surface area contributed by atoms with Crippen LogP contribution in [0.3, 0.4) is 0 Å². The van der Waals surface area contributed by atoms with Gasteiger partial charge in [-0.05, 0) is 18.6 Å². The fraction of sp³-hybridized carbons (Fsp3) is 0.238. The van der Waals surface area contributed by atoms with Crippen LogP contribution in [0.5, 0.6) is 5.75 Å². The van der Waals surface area contributed by atoms with Crippen molar-refractivity contribution >= 4 is 46.4 Å². The van der Waals surface area contributed by atoms with Gasteiger partial charge in [-0.3, -0.25) is 4.79 Å². The number of carbonyl (C=O) groups is 1. The number of nitrogens with one attached hydrogen (secondary N) is 1. The molecule has 1 aromatic carbocycles. The Kier molecular flexibility index (Phi) is 6.02. The number of ether oxygens (including phenoxy) is 1. The van der Waals surface area contributed by atoms with Gasteiger partial charge in [0.2, 0.25) is 11.7 Å². The number of aromatic nitrogens is 4. The predicted molar refractivity (Wildman–Crippen MR) is 121 cm³/mol. The molecule has 0 saturated carbocycles. The molecule has 0 spiro atoms. The fourth-order valence-electron chi connectivity index (χ4n) is 3.56. The first-order chi connectivity index (χ1) is 16.6. The normalized spacial score (nSPS) is 16.2. The summed E-state index contributed by atoms with van der Waals surface area (Å²) in [6.07, 6.45) is -1.30. The van der Waals surface area contributed by atoms with E-state index < -0.39 is 11.7 Å². The first-order valence-corrected chi connectivity index (χ1v) is 11.2. The van der Waals surface area contributed by atoms with E-state index in [-0.39, 0.29) is 56.7 Å². The van der Waals surface area contributed by atoms with E-state index in [0.29, 0.717) is 24.2 Å². The van der Waals surface area contributed by atoms with E-state index >= 15 is 0 Å². The number of nitrogens with zero attached hydrogens (tertiary/aromatic N) is 4. The van der Waals surface area contributed by atoms with Crippen LogP contribution >= 0.6 is 34.8 Å². The number of alkyl halides is 3. The molecule has 1 amide bonds. The highest BCUT2D eigenvalue weighted by molar-refractivity contribution is 6.36. The number of amides is 1. The van der Waals surface area contributed by atoms with Crippen molar-refractivity contribution in [1.29, 1.82) is 0 Å². The van der Waals surface area contributed by atoms with Crippen LogP contribution in [-0.4, -0.2) is 38.1 Å². The Bertz CT molecular complexity index is 1450. The second-order valence-electron chi connectivity index (χ2n) is 7.73. The molecule has 0 unspecified atom stereocenters. The molecule has 4 aromatic rings. The van der Waals surface area contributed by atoms with Gasteiger partial charge in [0.05, 0.1) is 26.7 Å². The minimum absolute atomic E-state index is 0.0281. The van der Waals surface area contributed by atoms with Gasteiger partial charge in [-0.15, -0.1) is 0 Å². The molecule has 0 aliphatic carbocycles. The summed E-state index contributed by atoms with van der Waals surface area (Å²) in [5.74, 6) is 0.318. The molecular formula is C21H13Cl3F3N5O3. The summed E-state index contributed by atoms with van der Waals surface area (Å²) < 4.78 is 51.3. The van der Waals surface area contributed by atoms with Crippen molar-refractivity contribution in [2.24, 2.45) is 0 Å². The van der Waals surface area contributed by atoms with Crippen LogP contribution in [0, 0.1) is 0 Å². The van der Waals surface area contributed by atoms with Crippen molar-refractivity contribution in [3.05, 3.63) is 51.2 Å². The summed E-state index contributed by atoms with van der Waals surface area (Å²) in [4.78, 5) is 19.8. The van der Waals surface area contributed by atoms with Crippen molar-refractivity contribution < 1.29 is 27.2 Å². The number of hydrogen-bond acceptors (Lipinski definition) is 6. The van der Waals surface area contributed by atoms with E-state index in [1.165, 1.54) is 18.3 Å². The van der Waals surface area contributed by atoms with Crippen LogP contribution in [0.25, 0.3) is 28.6 Å². The highest BCUT2D eigenvalue weighted by atomic mass is 35.5. The number of fused-ring (bicyclic) bond motifs is 1. The quantitative estimate of drug-likeness (QED) is 0.346. The summed E-state index contributed by atoms with van der Waals surface area (Å²) in [5.41, 5.74) is -0.375. The minimum atomic E-state index is -4.57. The van der Waals surface area contributed by atoms with Crippen molar-refractivity contribution in [2.75, 3.05) is 6.61 Å². The van der Waals surface area contributed by atoms with Crippen molar-refractivity contribution in [1.82, 2.24) is 24.8 Å². The molecule has 35 heavy (non-hydrogen) atoms. The highest BCUT2D eigenvalue weighted by Gasteiger charge is 2.32. The van der Waals surface area contributed by atoms with Gasteiger partial charge in [-0.1, -0.05) is 40.0 Å². The zero-order valence-corrected chi connectivity index (χ0v) is 19.6. The van der Waals surface area contributed by atoms with E-state index in [4.69, 9.17) is 44.1 Å². The average Bonchev–Trinajstić information content (AvgIpc) is 3.52. The summed E-state index contributed by atoms with van der Waals surface area (Å²) in [6, 6.07) is 3.67. The van der Waals surface area contributed by atoms with Crippen LogP contribution in [0.4, 0.5) is 13.2 Å². The molecule has 8 nitrogen and oxygen atoms in total. The molecule has 1 N–H and O–H groups in total. The number of carbonyl (C=O) groups excluding carboxylic acids is 1. The average molecular weight is 547 g/mol. The molecule has 0 radical (unpaired) electrons. The summed E-state index contributed by atoms with van der Waals surface area (Å²) >= 11 is 18.7. The molecule has 4 heterocycles. The predicted octanol–water partition coefficient (Wildman–Crippen LogP) is 5.69. The highest BCUT2D eigenvalue weighted by Crippen LogP contribution is 2.37. The maximum Gasteiger partial charge on any atom is 0.417 e. The van der Waals surface area contributed by atoms with Crippen LogP contribution in [-0.2, 0) is 11.0 Å². The second-order valence-corrected chi connectivity index (χ2v) is 8.95. The lowest BCUT2D eigenvalue weighted by Gasteiger charge is -2.14. The van der Waals surface area contributed by atoms with E-state index in [2.05, 4.69) is 20.4 Å². The van der Waals surface area contributed by atoms with E-state index in [0.717, 1.165) is 16.7 Å². The van der Waals surface area contributed by atoms with Gasteiger partial charge in [-0.2, -0.15) is 18.2 Å². The maximum absolute atomic E-state index is 13.1. The molecular weight excluding hydrogens is 534 g/mol. The first-order valence-electron chi connectivity index (χ1n) is 10.1.